The highest BCUT2D eigenvalue weighted by Gasteiger charge is 2.43. The zero-order valence-corrected chi connectivity index (χ0v) is 38.1. The van der Waals surface area contributed by atoms with E-state index in [9.17, 15) is 77.2 Å². The molecule has 2 rings (SSSR count). The van der Waals surface area contributed by atoms with Gasteiger partial charge < -0.3 is 55.0 Å². The number of carbonyl (C=O) groups is 6. The monoisotopic (exact) mass is 1010 g/mol. The molecule has 1 aliphatic rings. The minimum absolute atomic E-state index is 0.000932. The van der Waals surface area contributed by atoms with Gasteiger partial charge in [0.05, 0.1) is 31.1 Å². The van der Waals surface area contributed by atoms with Crippen LogP contribution < -0.4 is 21.9 Å². The Bertz CT molecular complexity index is 2170. The fraction of sp³-hybridized carbons (Fsp3) is 0.625. The Morgan fingerprint density at radius 3 is 2.22 bits per heavy atom. The number of hydrogen-bond donors (Lipinski definition) is 10. The van der Waals surface area contributed by atoms with Gasteiger partial charge in [-0.25, -0.2) is 23.3 Å². The van der Waals surface area contributed by atoms with Gasteiger partial charge in [0.2, 0.25) is 11.8 Å². The molecule has 8 atom stereocenters. The number of carboxylic acids is 2. The van der Waals surface area contributed by atoms with E-state index in [-0.39, 0.29) is 31.2 Å². The molecule has 27 nitrogen and oxygen atoms in total. The molecule has 10 N–H and O–H groups in total. The molecule has 0 saturated carbocycles. The van der Waals surface area contributed by atoms with Crippen molar-refractivity contribution in [2.24, 2.45) is 5.92 Å². The van der Waals surface area contributed by atoms with Crippen LogP contribution in [-0.2, 0) is 65.1 Å². The summed E-state index contributed by atoms with van der Waals surface area (Å²) in [6.45, 7) is 1.25. The molecule has 0 spiro atoms. The minimum Gasteiger partial charge on any atom is -0.481 e. The summed E-state index contributed by atoms with van der Waals surface area (Å²) in [5, 5.41) is 33.6. The Kier molecular flexibility index (Phi) is 23.3. The fourth-order valence-corrected chi connectivity index (χ4v) is 10.6. The summed E-state index contributed by atoms with van der Waals surface area (Å²) in [5.74, 6) is -0.784. The van der Waals surface area contributed by atoms with E-state index in [1.807, 2.05) is 4.98 Å². The number of ketones is 1. The SMILES string of the molecule is CCC(NC(=O)C(CC(=O)O)CC(=O)C(CCCSSCCCC(=O)OCC#Cc1cn(C2CC(O)C(COP(=O)(O)OP(=O)(O)OP(=O)(O)O)O2)c(=O)[nH]c1=O)NC(C)=O)C(=O)O. The van der Waals surface area contributed by atoms with Gasteiger partial charge in [-0.15, -0.1) is 0 Å². The zero-order valence-electron chi connectivity index (χ0n) is 33.8. The van der Waals surface area contributed by atoms with Crippen molar-refractivity contribution in [3.63, 3.8) is 0 Å². The molecule has 1 fully saturated rings. The molecule has 64 heavy (non-hydrogen) atoms. The lowest BCUT2D eigenvalue weighted by molar-refractivity contribution is -0.145. The van der Waals surface area contributed by atoms with Crippen LogP contribution in [0.3, 0.4) is 0 Å². The van der Waals surface area contributed by atoms with Crippen LogP contribution in [0.1, 0.15) is 77.0 Å². The number of hydrogen-bond acceptors (Lipinski definition) is 19. The van der Waals surface area contributed by atoms with Gasteiger partial charge in [-0.2, -0.15) is 8.62 Å². The van der Waals surface area contributed by atoms with Crippen LogP contribution in [0.25, 0.3) is 0 Å². The Labute approximate surface area is 370 Å². The molecule has 1 aliphatic heterocycles. The van der Waals surface area contributed by atoms with E-state index in [1.165, 1.54) is 35.4 Å². The van der Waals surface area contributed by atoms with Crippen molar-refractivity contribution < 1.29 is 100.0 Å². The van der Waals surface area contributed by atoms with Crippen molar-refractivity contribution in [3.05, 3.63) is 32.6 Å². The number of aliphatic carboxylic acids is 2. The largest absolute Gasteiger partial charge is 0.490 e. The number of ether oxygens (including phenoxy) is 2. The van der Waals surface area contributed by atoms with Crippen molar-refractivity contribution in [1.82, 2.24) is 20.2 Å². The Morgan fingerprint density at radius 2 is 1.62 bits per heavy atom. The van der Waals surface area contributed by atoms with Crippen molar-refractivity contribution >= 4 is 80.6 Å². The van der Waals surface area contributed by atoms with Gasteiger partial charge >= 0.3 is 47.1 Å². The summed E-state index contributed by atoms with van der Waals surface area (Å²) < 4.78 is 57.3. The van der Waals surface area contributed by atoms with Gasteiger partial charge in [0.25, 0.3) is 5.56 Å². The Morgan fingerprint density at radius 1 is 0.969 bits per heavy atom. The predicted molar refractivity (Wildman–Crippen MR) is 220 cm³/mol. The summed E-state index contributed by atoms with van der Waals surface area (Å²) in [7, 11) is -14.2. The van der Waals surface area contributed by atoms with Gasteiger partial charge in [0, 0.05) is 43.9 Å². The van der Waals surface area contributed by atoms with E-state index in [0.29, 0.717) is 24.3 Å². The van der Waals surface area contributed by atoms with E-state index in [4.69, 9.17) is 19.3 Å². The number of aliphatic hydroxyl groups is 1. The highest BCUT2D eigenvalue weighted by molar-refractivity contribution is 8.76. The van der Waals surface area contributed by atoms with E-state index in [0.717, 1.165) is 10.8 Å². The second-order valence-electron chi connectivity index (χ2n) is 13.4. The molecule has 2 amide bonds. The summed E-state index contributed by atoms with van der Waals surface area (Å²) in [6, 6.07) is -2.29. The van der Waals surface area contributed by atoms with Crippen LogP contribution >= 0.6 is 45.1 Å². The molecule has 1 aromatic rings. The van der Waals surface area contributed by atoms with Crippen molar-refractivity contribution in [1.29, 1.82) is 0 Å². The maximum Gasteiger partial charge on any atom is 0.490 e. The maximum atomic E-state index is 13.0. The average molecular weight is 1010 g/mol. The standard InChI is InChI=1S/C32H47N4O23P3S2/c1-3-21(31(45)46)34-30(44)20(14-27(40)41)13-23(38)22(33-18(2)37)8-5-11-63-64-12-6-9-28(42)55-10-4-7-19-16-36(32(47)35-29(19)43)26-15-24(39)25(57-26)17-56-61(51,52)59-62(53,54)58-60(48,49)50/h16,20-22,24-26,39H,3,5-6,8-15,17H2,1-2H3,(H,33,37)(H,34,44)(H,40,41)(H,45,46)(H,51,52)(H,53,54)(H,35,43,47)(H2,48,49,50). The number of H-pyrrole nitrogens is 1. The third kappa shape index (κ3) is 21.5. The number of carboxylic acid groups (broad SMARTS) is 2. The van der Waals surface area contributed by atoms with Gasteiger partial charge in [-0.1, -0.05) is 40.4 Å². The molecule has 0 radical (unpaired) electrons. The van der Waals surface area contributed by atoms with Gasteiger partial charge in [-0.05, 0) is 25.7 Å². The van der Waals surface area contributed by atoms with Crippen molar-refractivity contribution in [2.75, 3.05) is 24.7 Å². The maximum absolute atomic E-state index is 13.0. The number of phosphoric ester groups is 1. The number of aliphatic hydroxyl groups excluding tert-OH is 1. The molecule has 0 aliphatic carbocycles. The summed E-state index contributed by atoms with van der Waals surface area (Å²) in [4.78, 5) is 135. The average Bonchev–Trinajstić information content (AvgIpc) is 3.53. The number of nitrogens with one attached hydrogen (secondary N) is 3. The number of Topliss-reactive ketones (excluding diaryl/α,β-unsaturated/α-hetero) is 1. The number of aromatic amines is 1. The van der Waals surface area contributed by atoms with E-state index < -0.39 is 133 Å². The van der Waals surface area contributed by atoms with E-state index in [2.05, 4.69) is 35.6 Å². The van der Waals surface area contributed by atoms with Crippen LogP contribution in [0.15, 0.2) is 15.8 Å². The first kappa shape index (κ1) is 56.4. The lowest BCUT2D eigenvalue weighted by Crippen LogP contribution is -2.46. The lowest BCUT2D eigenvalue weighted by Gasteiger charge is -2.21. The minimum atomic E-state index is -5.80. The number of nitrogens with zero attached hydrogens (tertiary/aromatic N) is 1. The normalized spacial score (nSPS) is 19.4. The topological polar surface area (TPSA) is 420 Å². The van der Waals surface area contributed by atoms with Gasteiger partial charge in [-0.3, -0.25) is 42.8 Å². The van der Waals surface area contributed by atoms with E-state index >= 15 is 0 Å². The quantitative estimate of drug-likeness (QED) is 0.0172. The van der Waals surface area contributed by atoms with Crippen LogP contribution in [0.5, 0.6) is 0 Å². The number of aromatic nitrogens is 2. The van der Waals surface area contributed by atoms with Gasteiger partial charge in [0.15, 0.2) is 12.4 Å². The Hall–Kier alpha value is -3.71. The number of rotatable bonds is 28. The molecule has 8 unspecified atom stereocenters. The van der Waals surface area contributed by atoms with Gasteiger partial charge in [0.1, 0.15) is 23.9 Å². The first-order valence-corrected chi connectivity index (χ1v) is 25.6. The molecule has 32 heteroatoms. The third-order valence-electron chi connectivity index (χ3n) is 8.27. The molecular weight excluding hydrogens is 965 g/mol. The Balaban J connectivity index is 1.81. The first-order chi connectivity index (χ1) is 29.7. The first-order valence-electron chi connectivity index (χ1n) is 18.6. The number of carbonyl (C=O) groups excluding carboxylic acids is 4. The fourth-order valence-electron chi connectivity index (χ4n) is 5.40. The molecule has 360 valence electrons. The summed E-state index contributed by atoms with van der Waals surface area (Å²) in [5.41, 5.74) is -2.23. The molecule has 1 saturated heterocycles. The highest BCUT2D eigenvalue weighted by Crippen LogP contribution is 2.66. The van der Waals surface area contributed by atoms with Crippen LogP contribution in [0.4, 0.5) is 0 Å². The highest BCUT2D eigenvalue weighted by atomic mass is 33.1. The lowest BCUT2D eigenvalue weighted by atomic mass is 9.92. The molecular formula is C32H47N4O23P3S2. The predicted octanol–water partition coefficient (Wildman–Crippen LogP) is -0.101. The van der Waals surface area contributed by atoms with Crippen molar-refractivity contribution in [2.45, 2.75) is 95.7 Å². The van der Waals surface area contributed by atoms with Crippen LogP contribution in [0.2, 0.25) is 0 Å². The zero-order chi connectivity index (χ0) is 48.4. The second kappa shape index (κ2) is 26.4. The summed E-state index contributed by atoms with van der Waals surface area (Å²) in [6.07, 6.45) is -3.89. The van der Waals surface area contributed by atoms with E-state index in [1.54, 1.807) is 0 Å². The molecule has 2 heterocycles. The van der Waals surface area contributed by atoms with Crippen LogP contribution in [0, 0.1) is 17.8 Å². The molecule has 0 aromatic carbocycles. The van der Waals surface area contributed by atoms with Crippen LogP contribution in [-0.4, -0.2) is 129 Å². The van der Waals surface area contributed by atoms with Crippen molar-refractivity contribution in [3.8, 4) is 11.8 Å². The second-order valence-corrected chi connectivity index (χ2v) is 20.5. The number of esters is 1. The third-order valence-corrected chi connectivity index (χ3v) is 14.6. The summed E-state index contributed by atoms with van der Waals surface area (Å²) >= 11 is 0. The smallest absolute Gasteiger partial charge is 0.481 e. The number of phosphoric acid groups is 3. The molecule has 1 aromatic heterocycles. The number of amides is 2. The molecule has 0 bridgehead atoms.